The number of rotatable bonds is 4. The van der Waals surface area contributed by atoms with Gasteiger partial charge in [-0.1, -0.05) is 20.8 Å². The minimum atomic E-state index is -3.18. The van der Waals surface area contributed by atoms with Crippen LogP contribution in [0.15, 0.2) is 0 Å². The van der Waals surface area contributed by atoms with Gasteiger partial charge >= 0.3 is 0 Å². The quantitative estimate of drug-likeness (QED) is 0.704. The number of ketones is 1. The molecule has 0 amide bonds. The molecule has 1 aliphatic carbocycles. The van der Waals surface area contributed by atoms with E-state index >= 15 is 0 Å². The van der Waals surface area contributed by atoms with E-state index in [1.54, 1.807) is 0 Å². The summed E-state index contributed by atoms with van der Waals surface area (Å²) in [6.07, 6.45) is 2.50. The molecular weight excluding hydrogens is 341 g/mol. The van der Waals surface area contributed by atoms with E-state index in [-0.39, 0.29) is 17.2 Å². The van der Waals surface area contributed by atoms with E-state index in [4.69, 9.17) is 14.0 Å². The minimum Gasteiger partial charge on any atom is -0.347 e. The van der Waals surface area contributed by atoms with Gasteiger partial charge in [0, 0.05) is 17.9 Å². The number of carbonyl (C=O) groups excluding carboxylic acids is 1. The second-order valence-electron chi connectivity index (χ2n) is 8.61. The highest BCUT2D eigenvalue weighted by atomic mass is 31.2. The minimum absolute atomic E-state index is 0.0550. The van der Waals surface area contributed by atoms with Gasteiger partial charge in [-0.15, -0.1) is 0 Å². The predicted molar refractivity (Wildman–Crippen MR) is 95.6 cm³/mol. The van der Waals surface area contributed by atoms with E-state index in [0.29, 0.717) is 45.0 Å². The van der Waals surface area contributed by atoms with Crippen molar-refractivity contribution in [2.45, 2.75) is 70.9 Å². The van der Waals surface area contributed by atoms with Crippen LogP contribution in [0.5, 0.6) is 0 Å². The van der Waals surface area contributed by atoms with E-state index in [2.05, 4.69) is 20.8 Å². The topological polar surface area (TPSA) is 65.1 Å². The SMILES string of the molecule is CC(C)C[C@H]1COP(=O)(C2CC(C)(C3(C)OCCO3)CCC2=O)N1C. The molecule has 0 N–H and O–H groups in total. The van der Waals surface area contributed by atoms with Gasteiger partial charge in [-0.25, -0.2) is 4.67 Å². The van der Waals surface area contributed by atoms with Gasteiger partial charge in [-0.05, 0) is 39.2 Å². The molecule has 7 heteroatoms. The summed E-state index contributed by atoms with van der Waals surface area (Å²) in [7, 11) is -1.33. The van der Waals surface area contributed by atoms with E-state index in [1.807, 2.05) is 18.6 Å². The summed E-state index contributed by atoms with van der Waals surface area (Å²) in [4.78, 5) is 12.7. The first-order valence-electron chi connectivity index (χ1n) is 9.39. The molecule has 25 heavy (non-hydrogen) atoms. The van der Waals surface area contributed by atoms with E-state index in [0.717, 1.165) is 6.42 Å². The summed E-state index contributed by atoms with van der Waals surface area (Å²) in [6.45, 7) is 9.90. The molecule has 0 aromatic carbocycles. The Morgan fingerprint density at radius 3 is 2.52 bits per heavy atom. The first-order chi connectivity index (χ1) is 11.6. The van der Waals surface area contributed by atoms with Crippen molar-refractivity contribution in [3.05, 3.63) is 0 Å². The number of likely N-dealkylation sites (N-methyl/N-ethyl adjacent to an activating group) is 1. The van der Waals surface area contributed by atoms with Crippen molar-refractivity contribution in [1.82, 2.24) is 4.67 Å². The third-order valence-electron chi connectivity index (χ3n) is 6.43. The first kappa shape index (κ1) is 19.5. The Bertz CT molecular complexity index is 574. The van der Waals surface area contributed by atoms with Crippen molar-refractivity contribution in [2.75, 3.05) is 26.9 Å². The molecule has 0 radical (unpaired) electrons. The Morgan fingerprint density at radius 2 is 1.92 bits per heavy atom. The van der Waals surface area contributed by atoms with Gasteiger partial charge in [0.05, 0.1) is 19.8 Å². The Kier molecular flexibility index (Phi) is 5.24. The normalized spacial score (nSPS) is 42.4. The van der Waals surface area contributed by atoms with Gasteiger partial charge in [0.2, 0.25) is 0 Å². The Labute approximate surface area is 151 Å². The number of hydrogen-bond donors (Lipinski definition) is 0. The summed E-state index contributed by atoms with van der Waals surface area (Å²) in [5.41, 5.74) is -0.933. The van der Waals surface area contributed by atoms with Crippen molar-refractivity contribution < 1.29 is 23.4 Å². The summed E-state index contributed by atoms with van der Waals surface area (Å²) in [5, 5.41) is 0. The molecule has 144 valence electrons. The summed E-state index contributed by atoms with van der Waals surface area (Å²) in [6, 6.07) is 0.112. The molecule has 6 nitrogen and oxygen atoms in total. The van der Waals surface area contributed by atoms with Crippen LogP contribution in [-0.4, -0.2) is 54.8 Å². The molecule has 0 spiro atoms. The van der Waals surface area contributed by atoms with Crippen LogP contribution < -0.4 is 0 Å². The Balaban J connectivity index is 1.83. The molecule has 3 aliphatic rings. The van der Waals surface area contributed by atoms with E-state index in [1.165, 1.54) is 0 Å². The van der Waals surface area contributed by atoms with Crippen LogP contribution in [0.3, 0.4) is 0 Å². The fraction of sp³-hybridized carbons (Fsp3) is 0.944. The second-order valence-corrected chi connectivity index (χ2v) is 11.2. The van der Waals surface area contributed by atoms with Crippen molar-refractivity contribution >= 4 is 13.3 Å². The van der Waals surface area contributed by atoms with Crippen LogP contribution in [0.1, 0.15) is 53.4 Å². The lowest BCUT2D eigenvalue weighted by molar-refractivity contribution is -0.227. The molecule has 0 aromatic rings. The van der Waals surface area contributed by atoms with Crippen LogP contribution in [0, 0.1) is 11.3 Å². The zero-order valence-corrected chi connectivity index (χ0v) is 17.0. The highest BCUT2D eigenvalue weighted by molar-refractivity contribution is 7.58. The largest absolute Gasteiger partial charge is 0.347 e. The second kappa shape index (κ2) is 6.72. The fourth-order valence-electron chi connectivity index (χ4n) is 4.48. The molecule has 1 saturated carbocycles. The third-order valence-corrected chi connectivity index (χ3v) is 9.41. The molecule has 4 atom stereocenters. The smallest absolute Gasteiger partial charge is 0.282 e. The number of Topliss-reactive ketones (excluding diaryl/α,β-unsaturated/α-hetero) is 1. The third kappa shape index (κ3) is 3.25. The molecule has 3 unspecified atom stereocenters. The lowest BCUT2D eigenvalue weighted by Gasteiger charge is -2.47. The molecule has 2 aliphatic heterocycles. The molecule has 0 aromatic heterocycles. The molecule has 3 rings (SSSR count). The molecular formula is C18H32NO5P. The first-order valence-corrected chi connectivity index (χ1v) is 11.0. The molecule has 3 fully saturated rings. The average molecular weight is 373 g/mol. The molecule has 2 saturated heterocycles. The van der Waals surface area contributed by atoms with Crippen molar-refractivity contribution in [1.29, 1.82) is 0 Å². The van der Waals surface area contributed by atoms with Crippen LogP contribution >= 0.6 is 7.52 Å². The monoisotopic (exact) mass is 373 g/mol. The zero-order chi connectivity index (χ0) is 18.5. The zero-order valence-electron chi connectivity index (χ0n) is 16.1. The van der Waals surface area contributed by atoms with Gasteiger partial charge in [0.25, 0.3) is 7.52 Å². The number of carbonyl (C=O) groups is 1. The fourth-order valence-corrected chi connectivity index (χ4v) is 7.41. The maximum absolute atomic E-state index is 13.7. The maximum Gasteiger partial charge on any atom is 0.282 e. The molecule has 0 bridgehead atoms. The number of nitrogens with zero attached hydrogens (tertiary/aromatic N) is 1. The average Bonchev–Trinajstić information content (AvgIpc) is 3.11. The lowest BCUT2D eigenvalue weighted by Crippen LogP contribution is -2.51. The van der Waals surface area contributed by atoms with Gasteiger partial charge in [-0.3, -0.25) is 9.36 Å². The van der Waals surface area contributed by atoms with Crippen LogP contribution in [0.4, 0.5) is 0 Å². The van der Waals surface area contributed by atoms with E-state index < -0.39 is 19.0 Å². The highest BCUT2D eigenvalue weighted by Gasteiger charge is 2.59. The van der Waals surface area contributed by atoms with Crippen molar-refractivity contribution in [3.8, 4) is 0 Å². The van der Waals surface area contributed by atoms with Gasteiger partial charge in [0.15, 0.2) is 5.79 Å². The summed E-state index contributed by atoms with van der Waals surface area (Å²) < 4.78 is 33.2. The predicted octanol–water partition coefficient (Wildman–Crippen LogP) is 3.45. The van der Waals surface area contributed by atoms with Gasteiger partial charge in [-0.2, -0.15) is 0 Å². The van der Waals surface area contributed by atoms with Crippen LogP contribution in [-0.2, 0) is 23.4 Å². The van der Waals surface area contributed by atoms with Crippen molar-refractivity contribution in [2.24, 2.45) is 11.3 Å². The van der Waals surface area contributed by atoms with Crippen LogP contribution in [0.25, 0.3) is 0 Å². The number of hydrogen-bond acceptors (Lipinski definition) is 5. The summed E-state index contributed by atoms with van der Waals surface area (Å²) in [5.74, 6) is -0.172. The standard InChI is InChI=1S/C18H32NO5P/c1-13(2)10-14-12-24-25(21,19(14)5)16-11-17(3,7-6-15(16)20)18(4)22-8-9-23-18/h13-14,16H,6-12H2,1-5H3/t14-,16?,17?,25?/m0/s1. The number of ether oxygens (including phenoxy) is 2. The van der Waals surface area contributed by atoms with E-state index in [9.17, 15) is 9.36 Å². The van der Waals surface area contributed by atoms with Crippen LogP contribution in [0.2, 0.25) is 0 Å². The Morgan fingerprint density at radius 1 is 1.28 bits per heavy atom. The van der Waals surface area contributed by atoms with Gasteiger partial charge in [0.1, 0.15) is 11.4 Å². The Hall–Kier alpha value is -0.260. The maximum atomic E-state index is 13.7. The summed E-state index contributed by atoms with van der Waals surface area (Å²) >= 11 is 0. The highest BCUT2D eigenvalue weighted by Crippen LogP contribution is 2.65. The lowest BCUT2D eigenvalue weighted by atomic mass is 9.69. The van der Waals surface area contributed by atoms with Gasteiger partial charge < -0.3 is 14.0 Å². The molecule has 2 heterocycles. The van der Waals surface area contributed by atoms with Crippen molar-refractivity contribution in [3.63, 3.8) is 0 Å².